The van der Waals surface area contributed by atoms with Crippen molar-refractivity contribution in [2.45, 2.75) is 90.4 Å². The molecule has 2 aromatic heterocycles. The van der Waals surface area contributed by atoms with Crippen LogP contribution in [0.1, 0.15) is 91.7 Å². The van der Waals surface area contributed by atoms with Crippen LogP contribution in [0.3, 0.4) is 0 Å². The molecule has 46 heavy (non-hydrogen) atoms. The Morgan fingerprint density at radius 1 is 1.00 bits per heavy atom. The molecule has 1 aliphatic carbocycles. The number of fused-ring (bicyclic) bond motifs is 1. The Balaban J connectivity index is 1.38. The largest absolute Gasteiger partial charge is 0.456 e. The molecular weight excluding hydrogens is 582 g/mol. The Morgan fingerprint density at radius 3 is 2.46 bits per heavy atom. The number of rotatable bonds is 12. The molecule has 1 aliphatic rings. The summed E-state index contributed by atoms with van der Waals surface area (Å²) in [6, 6.07) is 15.7. The highest BCUT2D eigenvalue weighted by atomic mass is 16.5. The molecule has 2 aromatic carbocycles. The molecule has 0 bridgehead atoms. The number of carbonyl (C=O) groups is 3. The monoisotopic (exact) mass is 627 g/mol. The normalized spacial score (nSPS) is 15.0. The van der Waals surface area contributed by atoms with Crippen LogP contribution in [-0.2, 0) is 29.6 Å². The number of esters is 1. The minimum Gasteiger partial charge on any atom is -0.456 e. The minimum atomic E-state index is -0.773. The number of oxazole rings is 1. The Morgan fingerprint density at radius 2 is 1.72 bits per heavy atom. The number of aromatic nitrogens is 2. The fourth-order valence-electron chi connectivity index (χ4n) is 6.16. The van der Waals surface area contributed by atoms with Gasteiger partial charge in [0.2, 0.25) is 11.8 Å². The first kappa shape index (κ1) is 32.8. The lowest BCUT2D eigenvalue weighted by molar-refractivity contribution is -0.124. The highest BCUT2D eigenvalue weighted by Crippen LogP contribution is 2.28. The molecule has 3 amide bonds. The fraction of sp³-hybridized carbons (Fsp3) is 0.444. The Bertz CT molecular complexity index is 1640. The molecule has 10 heteroatoms. The van der Waals surface area contributed by atoms with Crippen LogP contribution >= 0.6 is 0 Å². The predicted molar refractivity (Wildman–Crippen MR) is 176 cm³/mol. The van der Waals surface area contributed by atoms with Crippen LogP contribution < -0.4 is 16.0 Å². The van der Waals surface area contributed by atoms with Gasteiger partial charge >= 0.3 is 12.0 Å². The minimum absolute atomic E-state index is 0.0619. The first-order chi connectivity index (χ1) is 22.2. The van der Waals surface area contributed by atoms with Crippen LogP contribution in [0, 0.1) is 12.8 Å². The van der Waals surface area contributed by atoms with E-state index in [4.69, 9.17) is 9.15 Å². The number of nitrogens with zero attached hydrogens (tertiary/aromatic N) is 2. The third kappa shape index (κ3) is 8.35. The zero-order chi connectivity index (χ0) is 32.6. The predicted octanol–water partition coefficient (Wildman–Crippen LogP) is 6.28. The molecule has 5 rings (SSSR count). The second-order valence-corrected chi connectivity index (χ2v) is 12.7. The van der Waals surface area contributed by atoms with Crippen LogP contribution in [0.5, 0.6) is 0 Å². The summed E-state index contributed by atoms with van der Waals surface area (Å²) in [6.07, 6.45) is 8.09. The number of ether oxygens (including phenoxy) is 1. The number of hydrogen-bond acceptors (Lipinski definition) is 6. The summed E-state index contributed by atoms with van der Waals surface area (Å²) in [6.45, 7) is 5.78. The van der Waals surface area contributed by atoms with Gasteiger partial charge in [0.1, 0.15) is 24.5 Å². The number of hydrogen-bond donors (Lipinski definition) is 3. The summed E-state index contributed by atoms with van der Waals surface area (Å²) in [4.78, 5) is 44.5. The van der Waals surface area contributed by atoms with Crippen LogP contribution in [0.25, 0.3) is 10.9 Å². The molecule has 1 fully saturated rings. The van der Waals surface area contributed by atoms with E-state index in [2.05, 4.69) is 20.9 Å². The van der Waals surface area contributed by atoms with Crippen molar-refractivity contribution in [1.29, 1.82) is 0 Å². The maximum atomic E-state index is 13.9. The van der Waals surface area contributed by atoms with Crippen molar-refractivity contribution in [3.63, 3.8) is 0 Å². The SMILES string of the molecule is Cc1oc([C@@H](Cc2cn(C)c3ccccc23)NC(=O)[C@H](CC(C)C)NC(=O)NC2CCCCC2)nc1C(=O)OCc1ccccc1. The summed E-state index contributed by atoms with van der Waals surface area (Å²) in [5.74, 6) is -0.307. The molecule has 0 radical (unpaired) electrons. The van der Waals surface area contributed by atoms with Gasteiger partial charge in [-0.1, -0.05) is 81.6 Å². The topological polar surface area (TPSA) is 127 Å². The van der Waals surface area contributed by atoms with Crippen molar-refractivity contribution < 1.29 is 23.5 Å². The van der Waals surface area contributed by atoms with Crippen LogP contribution in [0.4, 0.5) is 4.79 Å². The van der Waals surface area contributed by atoms with E-state index in [0.29, 0.717) is 18.6 Å². The van der Waals surface area contributed by atoms with Crippen molar-refractivity contribution in [1.82, 2.24) is 25.5 Å². The molecule has 2 heterocycles. The van der Waals surface area contributed by atoms with Gasteiger partial charge in [-0.3, -0.25) is 4.79 Å². The quantitative estimate of drug-likeness (QED) is 0.159. The van der Waals surface area contributed by atoms with Crippen molar-refractivity contribution in [3.05, 3.63) is 89.3 Å². The number of benzene rings is 2. The zero-order valence-electron chi connectivity index (χ0n) is 27.2. The van der Waals surface area contributed by atoms with Gasteiger partial charge in [0, 0.05) is 36.6 Å². The van der Waals surface area contributed by atoms with Crippen molar-refractivity contribution >= 4 is 28.8 Å². The van der Waals surface area contributed by atoms with E-state index in [1.165, 1.54) is 6.42 Å². The molecule has 0 spiro atoms. The smallest absolute Gasteiger partial charge is 0.360 e. The van der Waals surface area contributed by atoms with Gasteiger partial charge in [-0.25, -0.2) is 14.6 Å². The lowest BCUT2D eigenvalue weighted by Gasteiger charge is -2.26. The highest BCUT2D eigenvalue weighted by molar-refractivity contribution is 5.89. The maximum Gasteiger partial charge on any atom is 0.360 e. The number of para-hydroxylation sites is 1. The third-order valence-electron chi connectivity index (χ3n) is 8.51. The van der Waals surface area contributed by atoms with Gasteiger partial charge in [0.25, 0.3) is 0 Å². The summed E-state index contributed by atoms with van der Waals surface area (Å²) in [5.41, 5.74) is 2.95. The van der Waals surface area contributed by atoms with E-state index in [1.54, 1.807) is 6.92 Å². The average molecular weight is 628 g/mol. The number of urea groups is 1. The molecule has 244 valence electrons. The summed E-state index contributed by atoms with van der Waals surface area (Å²) in [5, 5.41) is 10.1. The summed E-state index contributed by atoms with van der Waals surface area (Å²) in [7, 11) is 1.98. The molecule has 1 saturated carbocycles. The molecule has 2 atom stereocenters. The van der Waals surface area contributed by atoms with Crippen LogP contribution in [0.15, 0.2) is 65.2 Å². The van der Waals surface area contributed by atoms with E-state index in [-0.39, 0.29) is 42.1 Å². The number of nitrogens with one attached hydrogen (secondary N) is 3. The Hall–Kier alpha value is -4.60. The highest BCUT2D eigenvalue weighted by Gasteiger charge is 2.30. The van der Waals surface area contributed by atoms with Crippen molar-refractivity contribution in [2.75, 3.05) is 0 Å². The van der Waals surface area contributed by atoms with E-state index in [9.17, 15) is 14.4 Å². The number of carbonyl (C=O) groups excluding carboxylic acids is 3. The fourth-order valence-corrected chi connectivity index (χ4v) is 6.16. The zero-order valence-corrected chi connectivity index (χ0v) is 27.2. The van der Waals surface area contributed by atoms with Gasteiger partial charge in [0.15, 0.2) is 5.69 Å². The lowest BCUT2D eigenvalue weighted by Crippen LogP contribution is -2.53. The first-order valence-electron chi connectivity index (χ1n) is 16.3. The molecule has 0 unspecified atom stereocenters. The lowest BCUT2D eigenvalue weighted by atomic mass is 9.96. The Kier molecular flexibility index (Phi) is 10.8. The van der Waals surface area contributed by atoms with Crippen LogP contribution in [0.2, 0.25) is 0 Å². The average Bonchev–Trinajstić information content (AvgIpc) is 3.59. The van der Waals surface area contributed by atoms with Gasteiger partial charge in [-0.15, -0.1) is 0 Å². The third-order valence-corrected chi connectivity index (χ3v) is 8.51. The van der Waals surface area contributed by atoms with E-state index in [0.717, 1.165) is 47.7 Å². The van der Waals surface area contributed by atoms with Gasteiger partial charge in [-0.05, 0) is 49.3 Å². The van der Waals surface area contributed by atoms with Gasteiger partial charge in [0.05, 0.1) is 0 Å². The molecule has 3 N–H and O–H groups in total. The van der Waals surface area contributed by atoms with Crippen molar-refractivity contribution in [2.24, 2.45) is 13.0 Å². The number of aryl methyl sites for hydroxylation is 2. The van der Waals surface area contributed by atoms with Gasteiger partial charge in [-0.2, -0.15) is 0 Å². The molecule has 4 aromatic rings. The van der Waals surface area contributed by atoms with Crippen molar-refractivity contribution in [3.8, 4) is 0 Å². The first-order valence-corrected chi connectivity index (χ1v) is 16.3. The molecule has 10 nitrogen and oxygen atoms in total. The summed E-state index contributed by atoms with van der Waals surface area (Å²) < 4.78 is 13.6. The molecule has 0 aliphatic heterocycles. The van der Waals surface area contributed by atoms with Gasteiger partial charge < -0.3 is 29.7 Å². The van der Waals surface area contributed by atoms with E-state index in [1.807, 2.05) is 86.3 Å². The Labute approximate surface area is 270 Å². The summed E-state index contributed by atoms with van der Waals surface area (Å²) >= 11 is 0. The second-order valence-electron chi connectivity index (χ2n) is 12.7. The number of amides is 3. The molecular formula is C36H45N5O5. The second kappa shape index (κ2) is 15.1. The standard InChI is InChI=1S/C36H45N5O5/c1-23(2)19-29(39-36(44)37-27-15-9-6-10-16-27)33(42)38-30(20-26-21-41(4)31-18-12-11-17-28(26)31)34-40-32(24(3)46-34)35(43)45-22-25-13-7-5-8-14-25/h5,7-8,11-14,17-18,21,23,27,29-30H,6,9-10,15-16,19-20,22H2,1-4H3,(H,38,42)(H2,37,39,44)/t29-,30+/m0/s1. The van der Waals surface area contributed by atoms with E-state index < -0.39 is 18.1 Å². The maximum absolute atomic E-state index is 13.9. The molecule has 0 saturated heterocycles. The van der Waals surface area contributed by atoms with E-state index >= 15 is 0 Å². The van der Waals surface area contributed by atoms with Crippen LogP contribution in [-0.4, -0.2) is 39.5 Å².